The molecule has 1 heterocycles. The first-order chi connectivity index (χ1) is 14.0. The standard InChI is InChI=1S/C25H37NO2S/c1-4-13-28-22-15-29-23(26-22)21-8-7-19-18-6-5-16-14-17(27)9-11-24(16,2)20(18)10-12-25(19,21)3/h5,15,17-21,27H,4,6-14H2,1-3H3/t17?,18-,19-,20-,21?,24-,25-/m0/s1. The van der Waals surface area contributed by atoms with Gasteiger partial charge in [-0.05, 0) is 86.4 Å². The Bertz CT molecular complexity index is 788. The molecule has 3 fully saturated rings. The van der Waals surface area contributed by atoms with Crippen LogP contribution in [0, 0.1) is 28.6 Å². The SMILES string of the molecule is CCCOc1csc(C2CC[C@H]3[C@@H]4CC=C5CC(O)CC[C@]5(C)[C@H]4CC[C@]23C)n1. The number of rotatable bonds is 4. The predicted octanol–water partition coefficient (Wildman–Crippen LogP) is 6.34. The summed E-state index contributed by atoms with van der Waals surface area (Å²) in [5.41, 5.74) is 2.30. The van der Waals surface area contributed by atoms with Crippen LogP contribution in [0.2, 0.25) is 0 Å². The second-order valence-electron chi connectivity index (χ2n) is 10.7. The van der Waals surface area contributed by atoms with Gasteiger partial charge in [-0.15, -0.1) is 11.3 Å². The lowest BCUT2D eigenvalue weighted by Gasteiger charge is -2.58. The Labute approximate surface area is 180 Å². The highest BCUT2D eigenvalue weighted by Crippen LogP contribution is 2.68. The summed E-state index contributed by atoms with van der Waals surface area (Å²) in [6.45, 7) is 8.01. The molecular weight excluding hydrogens is 378 g/mol. The van der Waals surface area contributed by atoms with Crippen molar-refractivity contribution in [2.75, 3.05) is 6.61 Å². The topological polar surface area (TPSA) is 42.4 Å². The molecule has 1 aromatic heterocycles. The Morgan fingerprint density at radius 3 is 2.86 bits per heavy atom. The van der Waals surface area contributed by atoms with Crippen molar-refractivity contribution in [3.63, 3.8) is 0 Å². The number of fused-ring (bicyclic) bond motifs is 5. The Hall–Kier alpha value is -0.870. The molecule has 29 heavy (non-hydrogen) atoms. The molecule has 0 amide bonds. The first-order valence-electron chi connectivity index (χ1n) is 11.9. The Morgan fingerprint density at radius 1 is 1.17 bits per heavy atom. The molecule has 4 aliphatic rings. The fourth-order valence-corrected chi connectivity index (χ4v) is 8.79. The van der Waals surface area contributed by atoms with Gasteiger partial charge in [-0.1, -0.05) is 32.4 Å². The zero-order chi connectivity index (χ0) is 20.2. The van der Waals surface area contributed by atoms with Gasteiger partial charge < -0.3 is 9.84 Å². The van der Waals surface area contributed by atoms with E-state index < -0.39 is 0 Å². The molecule has 0 aliphatic heterocycles. The third kappa shape index (κ3) is 3.12. The third-order valence-corrected chi connectivity index (χ3v) is 10.3. The van der Waals surface area contributed by atoms with E-state index in [0.717, 1.165) is 49.5 Å². The van der Waals surface area contributed by atoms with Crippen LogP contribution >= 0.6 is 11.3 Å². The molecule has 0 saturated heterocycles. The fourth-order valence-electron chi connectivity index (χ4n) is 7.75. The van der Waals surface area contributed by atoms with Gasteiger partial charge in [0.2, 0.25) is 5.88 Å². The summed E-state index contributed by atoms with van der Waals surface area (Å²) in [6.07, 6.45) is 13.1. The van der Waals surface area contributed by atoms with Gasteiger partial charge in [0.15, 0.2) is 0 Å². The van der Waals surface area contributed by atoms with Crippen molar-refractivity contribution in [3.05, 3.63) is 22.0 Å². The van der Waals surface area contributed by atoms with Gasteiger partial charge in [0.25, 0.3) is 0 Å². The van der Waals surface area contributed by atoms with Crippen LogP contribution in [0.25, 0.3) is 0 Å². The van der Waals surface area contributed by atoms with Gasteiger partial charge in [-0.2, -0.15) is 0 Å². The monoisotopic (exact) mass is 415 g/mol. The lowest BCUT2D eigenvalue weighted by atomic mass is 9.47. The van der Waals surface area contributed by atoms with Gasteiger partial charge in [0.05, 0.1) is 18.1 Å². The molecule has 0 bridgehead atoms. The lowest BCUT2D eigenvalue weighted by molar-refractivity contribution is -0.0409. The van der Waals surface area contributed by atoms with Gasteiger partial charge in [-0.25, -0.2) is 4.98 Å². The van der Waals surface area contributed by atoms with Crippen molar-refractivity contribution < 1.29 is 9.84 Å². The summed E-state index contributed by atoms with van der Waals surface area (Å²) in [7, 11) is 0. The number of allylic oxidation sites excluding steroid dienone is 1. The summed E-state index contributed by atoms with van der Waals surface area (Å²) < 4.78 is 5.80. The van der Waals surface area contributed by atoms with Crippen LogP contribution in [0.4, 0.5) is 0 Å². The predicted molar refractivity (Wildman–Crippen MR) is 118 cm³/mol. The molecule has 1 aromatic rings. The minimum atomic E-state index is -0.107. The maximum Gasteiger partial charge on any atom is 0.224 e. The second kappa shape index (κ2) is 7.37. The van der Waals surface area contributed by atoms with Gasteiger partial charge in [0.1, 0.15) is 5.01 Å². The quantitative estimate of drug-likeness (QED) is 0.584. The molecule has 1 N–H and O–H groups in total. The molecule has 7 atom stereocenters. The molecule has 0 radical (unpaired) electrons. The summed E-state index contributed by atoms with van der Waals surface area (Å²) in [4.78, 5) is 4.91. The van der Waals surface area contributed by atoms with E-state index in [4.69, 9.17) is 9.72 Å². The van der Waals surface area contributed by atoms with E-state index in [1.807, 2.05) is 11.3 Å². The smallest absolute Gasteiger partial charge is 0.224 e. The first kappa shape index (κ1) is 20.1. The number of ether oxygens (including phenoxy) is 1. The minimum absolute atomic E-state index is 0.107. The van der Waals surface area contributed by atoms with Crippen LogP contribution in [0.5, 0.6) is 5.88 Å². The van der Waals surface area contributed by atoms with Gasteiger partial charge >= 0.3 is 0 Å². The molecule has 0 spiro atoms. The third-order valence-electron chi connectivity index (χ3n) is 9.33. The highest BCUT2D eigenvalue weighted by Gasteiger charge is 2.59. The van der Waals surface area contributed by atoms with Crippen LogP contribution in [0.3, 0.4) is 0 Å². The van der Waals surface area contributed by atoms with E-state index in [2.05, 4.69) is 32.2 Å². The van der Waals surface area contributed by atoms with Crippen molar-refractivity contribution in [2.45, 2.75) is 90.6 Å². The zero-order valence-electron chi connectivity index (χ0n) is 18.3. The van der Waals surface area contributed by atoms with Crippen LogP contribution in [0.1, 0.15) is 89.5 Å². The largest absolute Gasteiger partial charge is 0.477 e. The number of hydrogen-bond donors (Lipinski definition) is 1. The molecular formula is C25H37NO2S. The number of nitrogens with zero attached hydrogens (tertiary/aromatic N) is 1. The number of aliphatic hydroxyl groups is 1. The van der Waals surface area contributed by atoms with E-state index in [9.17, 15) is 5.11 Å². The minimum Gasteiger partial charge on any atom is -0.477 e. The molecule has 5 rings (SSSR count). The van der Waals surface area contributed by atoms with Crippen molar-refractivity contribution >= 4 is 11.3 Å². The zero-order valence-corrected chi connectivity index (χ0v) is 19.1. The molecule has 4 heteroatoms. The van der Waals surface area contributed by atoms with Crippen LogP contribution in [-0.4, -0.2) is 22.8 Å². The second-order valence-corrected chi connectivity index (χ2v) is 11.6. The van der Waals surface area contributed by atoms with E-state index >= 15 is 0 Å². The summed E-state index contributed by atoms with van der Waals surface area (Å²) in [6, 6.07) is 0. The van der Waals surface area contributed by atoms with E-state index in [-0.39, 0.29) is 6.10 Å². The highest BCUT2D eigenvalue weighted by atomic mass is 32.1. The fraction of sp³-hybridized carbons (Fsp3) is 0.800. The number of hydrogen-bond acceptors (Lipinski definition) is 4. The van der Waals surface area contributed by atoms with Crippen molar-refractivity contribution in [1.82, 2.24) is 4.98 Å². The Morgan fingerprint density at radius 2 is 2.03 bits per heavy atom. The van der Waals surface area contributed by atoms with E-state index in [1.165, 1.54) is 43.5 Å². The van der Waals surface area contributed by atoms with Crippen LogP contribution in [0.15, 0.2) is 17.0 Å². The van der Waals surface area contributed by atoms with Crippen molar-refractivity contribution in [3.8, 4) is 5.88 Å². The van der Waals surface area contributed by atoms with Gasteiger partial charge in [-0.3, -0.25) is 0 Å². The lowest BCUT2D eigenvalue weighted by Crippen LogP contribution is -2.50. The average molecular weight is 416 g/mol. The van der Waals surface area contributed by atoms with Gasteiger partial charge in [0, 0.05) is 5.92 Å². The average Bonchev–Trinajstić information content (AvgIpc) is 3.30. The molecule has 2 unspecified atom stereocenters. The normalized spacial score (nSPS) is 43.9. The highest BCUT2D eigenvalue weighted by molar-refractivity contribution is 7.09. The number of aliphatic hydroxyl groups excluding tert-OH is 1. The summed E-state index contributed by atoms with van der Waals surface area (Å²) >= 11 is 1.82. The van der Waals surface area contributed by atoms with E-state index in [1.54, 1.807) is 5.57 Å². The summed E-state index contributed by atoms with van der Waals surface area (Å²) in [5, 5.41) is 13.7. The molecule has 3 saturated carbocycles. The number of thiazole rings is 1. The molecule has 3 nitrogen and oxygen atoms in total. The van der Waals surface area contributed by atoms with Crippen molar-refractivity contribution in [2.24, 2.45) is 28.6 Å². The van der Waals surface area contributed by atoms with Crippen LogP contribution < -0.4 is 4.74 Å². The Kier molecular flexibility index (Phi) is 5.10. The molecule has 4 aliphatic carbocycles. The maximum absolute atomic E-state index is 10.2. The van der Waals surface area contributed by atoms with Crippen molar-refractivity contribution in [1.29, 1.82) is 0 Å². The molecule has 0 aromatic carbocycles. The Balaban J connectivity index is 1.39. The number of aromatic nitrogens is 1. The van der Waals surface area contributed by atoms with E-state index in [0.29, 0.717) is 16.7 Å². The maximum atomic E-state index is 10.2. The first-order valence-corrected chi connectivity index (χ1v) is 12.8. The molecule has 160 valence electrons. The summed E-state index contributed by atoms with van der Waals surface area (Å²) in [5.74, 6) is 3.89. The van der Waals surface area contributed by atoms with Crippen LogP contribution in [-0.2, 0) is 0 Å².